The summed E-state index contributed by atoms with van der Waals surface area (Å²) in [7, 11) is 0. The third-order valence-corrected chi connectivity index (χ3v) is 11.6. The lowest BCUT2D eigenvalue weighted by Crippen LogP contribution is -2.24. The average molecular weight is 1030 g/mol. The molecule has 1 amide bonds. The van der Waals surface area contributed by atoms with Gasteiger partial charge in [0.15, 0.2) is 11.4 Å². The predicted molar refractivity (Wildman–Crippen MR) is 264 cm³/mol. The number of aromatic amines is 1. The summed E-state index contributed by atoms with van der Waals surface area (Å²) in [5, 5.41) is 15.0. The van der Waals surface area contributed by atoms with Crippen molar-refractivity contribution in [1.29, 1.82) is 0 Å². The Morgan fingerprint density at radius 3 is 1.81 bits per heavy atom. The summed E-state index contributed by atoms with van der Waals surface area (Å²) in [6, 6.07) is 19.2. The molecule has 8 rings (SSSR count). The lowest BCUT2D eigenvalue weighted by molar-refractivity contribution is -0.132. The van der Waals surface area contributed by atoms with Gasteiger partial charge >= 0.3 is 5.97 Å². The average Bonchev–Trinajstić information content (AvgIpc) is 3.77. The molecule has 9 N–H and O–H groups in total. The van der Waals surface area contributed by atoms with Gasteiger partial charge in [-0.2, -0.15) is 0 Å². The topological polar surface area (TPSA) is 237 Å². The number of fused-ring (bicyclic) bond motifs is 2. The SMILES string of the molecule is C.Cc1cc(N)nc(C)c1CN.Cc1cc(N)nc(C)c1CNC(=O)c1nc(Cc2ccc3ncc(Cl)cc3c2)[nH]c1Br.O=C(O)C1=C(Br)CC(Cc2ccc3ncc(Cl)cc3c2)=N1. The van der Waals surface area contributed by atoms with Crippen molar-refractivity contribution >= 4 is 106 Å². The molecule has 1 aliphatic rings. The maximum absolute atomic E-state index is 12.7. The maximum Gasteiger partial charge on any atom is 0.355 e. The molecule has 0 spiro atoms. The lowest BCUT2D eigenvalue weighted by Gasteiger charge is -2.11. The second-order valence-corrected chi connectivity index (χ2v) is 17.3. The molecule has 0 fully saturated rings. The minimum absolute atomic E-state index is 0. The van der Waals surface area contributed by atoms with Crippen LogP contribution in [-0.4, -0.2) is 52.6 Å². The number of benzene rings is 2. The third kappa shape index (κ3) is 12.5. The predicted octanol–water partition coefficient (Wildman–Crippen LogP) is 9.83. The van der Waals surface area contributed by atoms with Crippen LogP contribution in [0.5, 0.6) is 0 Å². The van der Waals surface area contributed by atoms with Gasteiger partial charge in [0.1, 0.15) is 22.1 Å². The fourth-order valence-corrected chi connectivity index (χ4v) is 8.39. The van der Waals surface area contributed by atoms with Crippen molar-refractivity contribution in [2.75, 3.05) is 11.5 Å². The molecule has 0 saturated carbocycles. The third-order valence-electron chi connectivity index (χ3n) is 9.99. The molecule has 0 bridgehead atoms. The zero-order chi connectivity index (χ0) is 45.5. The van der Waals surface area contributed by atoms with E-state index in [1.807, 2.05) is 82.3 Å². The van der Waals surface area contributed by atoms with E-state index in [0.717, 1.165) is 72.3 Å². The number of carbonyl (C=O) groups excluding carboxylic acids is 1. The molecule has 14 nitrogen and oxygen atoms in total. The molecule has 2 aromatic carbocycles. The van der Waals surface area contributed by atoms with Gasteiger partial charge in [0.2, 0.25) is 0 Å². The Balaban J connectivity index is 0.000000201. The standard InChI is InChI=1S/C22H20BrClN6O.C15H10BrClN2O2.C8H13N3.CH4/c1-11-5-18(25)28-12(2)16(11)10-27-22(31)20-21(23)30-19(29-20)7-13-3-4-17-14(6-13)8-15(24)9-26-17;16-12-6-11(19-14(12)15(20)21)4-8-1-2-13-9(3-8)5-10(17)7-18-13;1-5-3-8(10)11-6(2)7(5)4-9;/h3-6,8-9H,7,10H2,1-2H3,(H2,25,28)(H,27,31)(H,29,30);1-3,5,7H,4,6H2,(H,20,21);3H,4,9H2,1-2H3,(H2,10,11);1H4. The Bertz CT molecular complexity index is 2910. The lowest BCUT2D eigenvalue weighted by atomic mass is 10.0. The number of pyridine rings is 4. The number of rotatable bonds is 9. The van der Waals surface area contributed by atoms with E-state index < -0.39 is 5.97 Å². The molecule has 0 aliphatic carbocycles. The van der Waals surface area contributed by atoms with Crippen LogP contribution in [0.2, 0.25) is 10.0 Å². The summed E-state index contributed by atoms with van der Waals surface area (Å²) in [5.41, 5.74) is 27.8. The van der Waals surface area contributed by atoms with Crippen molar-refractivity contribution in [2.45, 2.75) is 67.5 Å². The summed E-state index contributed by atoms with van der Waals surface area (Å²) in [6.45, 7) is 8.61. The van der Waals surface area contributed by atoms with E-state index in [0.29, 0.717) is 74.6 Å². The monoisotopic (exact) mass is 1030 g/mol. The second kappa shape index (κ2) is 21.7. The number of carboxylic acids is 1. The van der Waals surface area contributed by atoms with Crippen LogP contribution in [-0.2, 0) is 30.7 Å². The number of nitrogens with one attached hydrogen (secondary N) is 2. The first-order chi connectivity index (χ1) is 30.0. The number of anilines is 2. The molecule has 1 aliphatic heterocycles. The highest BCUT2D eigenvalue weighted by molar-refractivity contribution is 9.11. The van der Waals surface area contributed by atoms with E-state index in [-0.39, 0.29) is 19.0 Å². The van der Waals surface area contributed by atoms with Crippen LogP contribution >= 0.6 is 55.1 Å². The van der Waals surface area contributed by atoms with E-state index >= 15 is 0 Å². The second-order valence-electron chi connectivity index (χ2n) is 14.7. The Morgan fingerprint density at radius 2 is 1.31 bits per heavy atom. The number of amides is 1. The number of nitrogens with zero attached hydrogens (tertiary/aromatic N) is 6. The first-order valence-corrected chi connectivity index (χ1v) is 21.8. The van der Waals surface area contributed by atoms with Crippen LogP contribution < -0.4 is 22.5 Å². The van der Waals surface area contributed by atoms with Gasteiger partial charge in [-0.15, -0.1) is 0 Å². The first kappa shape index (κ1) is 49.2. The minimum atomic E-state index is -1.01. The summed E-state index contributed by atoms with van der Waals surface area (Å²) in [5.74, 6) is 0.424. The maximum atomic E-state index is 12.7. The Hall–Kier alpha value is -5.78. The van der Waals surface area contributed by atoms with Crippen LogP contribution in [0.1, 0.15) is 74.9 Å². The van der Waals surface area contributed by atoms with Gasteiger partial charge in [-0.3, -0.25) is 14.8 Å². The van der Waals surface area contributed by atoms with Gasteiger partial charge in [-0.25, -0.2) is 24.7 Å². The van der Waals surface area contributed by atoms with Crippen LogP contribution in [0.4, 0.5) is 11.6 Å². The number of aliphatic imine (C=N–C) groups is 1. The molecule has 7 aromatic rings. The van der Waals surface area contributed by atoms with E-state index in [1.165, 1.54) is 0 Å². The van der Waals surface area contributed by atoms with Crippen LogP contribution in [0.25, 0.3) is 21.8 Å². The number of carbonyl (C=O) groups is 2. The van der Waals surface area contributed by atoms with E-state index in [9.17, 15) is 9.59 Å². The fourth-order valence-electron chi connectivity index (χ4n) is 6.98. The highest BCUT2D eigenvalue weighted by atomic mass is 79.9. The van der Waals surface area contributed by atoms with Gasteiger partial charge in [0.05, 0.1) is 21.1 Å². The van der Waals surface area contributed by atoms with Crippen molar-refractivity contribution in [2.24, 2.45) is 10.7 Å². The van der Waals surface area contributed by atoms with Crippen molar-refractivity contribution in [3.05, 3.63) is 154 Å². The number of H-pyrrole nitrogens is 1. The molecule has 18 heteroatoms. The highest BCUT2D eigenvalue weighted by Gasteiger charge is 2.21. The number of aryl methyl sites for hydroxylation is 4. The zero-order valence-corrected chi connectivity index (χ0v) is 39.3. The van der Waals surface area contributed by atoms with Gasteiger partial charge in [0.25, 0.3) is 5.91 Å². The highest BCUT2D eigenvalue weighted by Crippen LogP contribution is 2.28. The molecular formula is C46H47Br2Cl2N11O3. The van der Waals surface area contributed by atoms with Crippen molar-refractivity contribution < 1.29 is 14.7 Å². The minimum Gasteiger partial charge on any atom is -0.476 e. The number of allylic oxidation sites excluding steroid dienone is 1. The van der Waals surface area contributed by atoms with Crippen molar-refractivity contribution in [3.63, 3.8) is 0 Å². The molecule has 0 radical (unpaired) electrons. The molecule has 6 heterocycles. The van der Waals surface area contributed by atoms with E-state index in [2.05, 4.69) is 72.1 Å². The summed E-state index contributed by atoms with van der Waals surface area (Å²) in [4.78, 5) is 52.4. The number of carboxylic acid groups (broad SMARTS) is 1. The quantitative estimate of drug-likeness (QED) is 0.0796. The van der Waals surface area contributed by atoms with Gasteiger partial charge in [-0.1, -0.05) is 58.7 Å². The number of imidazole rings is 1. The number of aliphatic carboxylic acids is 1. The number of nitrogens with two attached hydrogens (primary N) is 3. The number of halogens is 4. The van der Waals surface area contributed by atoms with Crippen LogP contribution in [0.15, 0.2) is 92.8 Å². The van der Waals surface area contributed by atoms with E-state index in [1.54, 1.807) is 18.5 Å². The van der Waals surface area contributed by atoms with E-state index in [4.69, 9.17) is 45.5 Å². The summed E-state index contributed by atoms with van der Waals surface area (Å²) < 4.78 is 1.16. The van der Waals surface area contributed by atoms with Gasteiger partial charge in [0, 0.05) is 77.1 Å². The molecule has 0 unspecified atom stereocenters. The molecule has 0 atom stereocenters. The van der Waals surface area contributed by atoms with Crippen LogP contribution in [0, 0.1) is 27.7 Å². The normalized spacial score (nSPS) is 11.9. The first-order valence-electron chi connectivity index (χ1n) is 19.4. The van der Waals surface area contributed by atoms with Crippen molar-refractivity contribution in [3.8, 4) is 0 Å². The largest absolute Gasteiger partial charge is 0.476 e. The number of nitrogen functional groups attached to an aromatic ring is 2. The number of hydrogen-bond acceptors (Lipinski definition) is 11. The number of hydrogen-bond donors (Lipinski definition) is 6. The zero-order valence-electron chi connectivity index (χ0n) is 34.7. The smallest absolute Gasteiger partial charge is 0.355 e. The Kier molecular flexibility index (Phi) is 16.7. The fraction of sp³-hybridized carbons (Fsp3) is 0.217. The van der Waals surface area contributed by atoms with Gasteiger partial charge < -0.3 is 32.6 Å². The van der Waals surface area contributed by atoms with Crippen molar-refractivity contribution in [1.82, 2.24) is 35.2 Å². The molecule has 332 valence electrons. The summed E-state index contributed by atoms with van der Waals surface area (Å²) in [6.07, 6.45) is 4.92. The number of aromatic nitrogens is 6. The van der Waals surface area contributed by atoms with Crippen LogP contribution in [0.3, 0.4) is 0 Å². The Labute approximate surface area is 397 Å². The molecular weight excluding hydrogens is 985 g/mol. The van der Waals surface area contributed by atoms with Gasteiger partial charge in [-0.05, 0) is 126 Å². The molecule has 0 saturated heterocycles. The molecule has 64 heavy (non-hydrogen) atoms. The Morgan fingerprint density at radius 1 is 0.781 bits per heavy atom. The molecule has 5 aromatic heterocycles. The summed E-state index contributed by atoms with van der Waals surface area (Å²) >= 11 is 18.7.